The Morgan fingerprint density at radius 3 is 2.48 bits per heavy atom. The zero-order valence-electron chi connectivity index (χ0n) is 15.2. The van der Waals surface area contributed by atoms with Crippen LogP contribution in [0.25, 0.3) is 0 Å². The molecule has 2 aliphatic heterocycles. The molecule has 1 unspecified atom stereocenters. The second-order valence-corrected chi connectivity index (χ2v) is 7.33. The van der Waals surface area contributed by atoms with Gasteiger partial charge in [-0.2, -0.15) is 0 Å². The maximum absolute atomic E-state index is 13.7. The number of amides is 1. The minimum Gasteiger partial charge on any atom is -0.481 e. The average molecular weight is 365 g/mol. The fourth-order valence-corrected chi connectivity index (χ4v) is 4.36. The van der Waals surface area contributed by atoms with Crippen LogP contribution in [-0.2, 0) is 21.4 Å². The van der Waals surface area contributed by atoms with Crippen molar-refractivity contribution >= 4 is 17.6 Å². The fraction of sp³-hybridized carbons (Fsp3) is 0.381. The van der Waals surface area contributed by atoms with Gasteiger partial charge in [0, 0.05) is 25.5 Å². The van der Waals surface area contributed by atoms with Gasteiger partial charge in [-0.15, -0.1) is 0 Å². The fourth-order valence-electron chi connectivity index (χ4n) is 4.36. The number of aliphatic carboxylic acids is 1. The van der Waals surface area contributed by atoms with Crippen LogP contribution in [0.1, 0.15) is 36.8 Å². The molecular weight excluding hydrogens is 342 g/mol. The van der Waals surface area contributed by atoms with E-state index in [1.807, 2.05) is 36.4 Å². The predicted octanol–water partition coefficient (Wildman–Crippen LogP) is 2.78. The summed E-state index contributed by atoms with van der Waals surface area (Å²) in [6.45, 7) is 1.64. The molecule has 0 bridgehead atoms. The highest BCUT2D eigenvalue weighted by Gasteiger charge is 2.53. The Balaban J connectivity index is 1.82. The highest BCUT2D eigenvalue weighted by atomic mass is 16.4. The molecule has 1 saturated heterocycles. The number of hydrogen-bond acceptors (Lipinski definition) is 4. The van der Waals surface area contributed by atoms with E-state index in [0.29, 0.717) is 6.42 Å². The minimum atomic E-state index is -1.10. The van der Waals surface area contributed by atoms with Gasteiger partial charge >= 0.3 is 5.97 Å². The molecule has 1 amide bonds. The van der Waals surface area contributed by atoms with E-state index in [9.17, 15) is 14.7 Å². The standard InChI is InChI=1S/C21H23N3O3/c25-19(26)15-21(14-16-8-10-22-11-9-16)17-6-2-3-7-18(17)24(20(21)27)23-12-4-1-5-13-23/h2-3,6-11H,1,4-5,12-15H2,(H,25,26). The molecule has 2 aromatic rings. The molecule has 0 saturated carbocycles. The first-order valence-electron chi connectivity index (χ1n) is 9.41. The van der Waals surface area contributed by atoms with Gasteiger partial charge in [-0.25, -0.2) is 10.0 Å². The van der Waals surface area contributed by atoms with E-state index in [2.05, 4.69) is 9.99 Å². The molecule has 140 valence electrons. The Kier molecular flexibility index (Phi) is 4.66. The number of carboxylic acid groups (broad SMARTS) is 1. The Hall–Kier alpha value is -2.73. The molecule has 3 heterocycles. The molecule has 0 spiro atoms. The summed E-state index contributed by atoms with van der Waals surface area (Å²) in [5, 5.41) is 13.5. The molecule has 6 heteroatoms. The van der Waals surface area contributed by atoms with Crippen LogP contribution < -0.4 is 5.01 Å². The second-order valence-electron chi connectivity index (χ2n) is 7.33. The van der Waals surface area contributed by atoms with Crippen molar-refractivity contribution in [3.05, 3.63) is 59.9 Å². The van der Waals surface area contributed by atoms with Gasteiger partial charge in [0.25, 0.3) is 5.91 Å². The van der Waals surface area contributed by atoms with Gasteiger partial charge in [-0.1, -0.05) is 24.6 Å². The van der Waals surface area contributed by atoms with Gasteiger partial charge in [0.15, 0.2) is 0 Å². The summed E-state index contributed by atoms with van der Waals surface area (Å²) < 4.78 is 0. The first-order chi connectivity index (χ1) is 13.1. The summed E-state index contributed by atoms with van der Waals surface area (Å²) in [6.07, 6.45) is 6.73. The van der Waals surface area contributed by atoms with Gasteiger partial charge in [0.05, 0.1) is 17.5 Å². The molecule has 1 N–H and O–H groups in total. The smallest absolute Gasteiger partial charge is 0.304 e. The number of anilines is 1. The number of carboxylic acids is 1. The molecule has 1 aromatic carbocycles. The van der Waals surface area contributed by atoms with Crippen LogP contribution >= 0.6 is 0 Å². The Labute approximate surface area is 158 Å². The topological polar surface area (TPSA) is 73.7 Å². The lowest BCUT2D eigenvalue weighted by Crippen LogP contribution is -2.52. The number of fused-ring (bicyclic) bond motifs is 1. The molecule has 1 fully saturated rings. The number of carbonyl (C=O) groups is 2. The van der Waals surface area contributed by atoms with Gasteiger partial charge in [-0.3, -0.25) is 14.6 Å². The number of benzene rings is 1. The normalized spacial score (nSPS) is 22.7. The van der Waals surface area contributed by atoms with Crippen molar-refractivity contribution in [2.45, 2.75) is 37.5 Å². The summed E-state index contributed by atoms with van der Waals surface area (Å²) >= 11 is 0. The Morgan fingerprint density at radius 1 is 1.07 bits per heavy atom. The quantitative estimate of drug-likeness (QED) is 0.882. The summed E-state index contributed by atoms with van der Waals surface area (Å²) in [6, 6.07) is 11.3. The van der Waals surface area contributed by atoms with E-state index in [4.69, 9.17) is 0 Å². The van der Waals surface area contributed by atoms with Crippen molar-refractivity contribution in [3.63, 3.8) is 0 Å². The molecule has 27 heavy (non-hydrogen) atoms. The molecule has 6 nitrogen and oxygen atoms in total. The molecule has 1 atom stereocenters. The number of hydrogen-bond donors (Lipinski definition) is 1. The summed E-state index contributed by atoms with van der Waals surface area (Å²) in [5.74, 6) is -1.10. The van der Waals surface area contributed by atoms with Crippen LogP contribution in [-0.4, -0.2) is 40.1 Å². The third kappa shape index (κ3) is 3.10. The van der Waals surface area contributed by atoms with Crippen molar-refractivity contribution in [1.82, 2.24) is 9.99 Å². The summed E-state index contributed by atoms with van der Waals surface area (Å²) in [7, 11) is 0. The molecule has 0 radical (unpaired) electrons. The van der Waals surface area contributed by atoms with Crippen LogP contribution in [0.4, 0.5) is 5.69 Å². The SMILES string of the molecule is O=C(O)CC1(Cc2ccncc2)C(=O)N(N2CCCCC2)c2ccccc21. The van der Waals surface area contributed by atoms with Crippen molar-refractivity contribution in [1.29, 1.82) is 0 Å². The van der Waals surface area contributed by atoms with Gasteiger partial charge in [0.2, 0.25) is 0 Å². The van der Waals surface area contributed by atoms with E-state index >= 15 is 0 Å². The van der Waals surface area contributed by atoms with E-state index in [0.717, 1.165) is 49.2 Å². The van der Waals surface area contributed by atoms with Crippen molar-refractivity contribution in [2.75, 3.05) is 18.1 Å². The van der Waals surface area contributed by atoms with Crippen LogP contribution in [0.5, 0.6) is 0 Å². The van der Waals surface area contributed by atoms with Gasteiger partial charge in [0.1, 0.15) is 0 Å². The lowest BCUT2D eigenvalue weighted by Gasteiger charge is -2.36. The lowest BCUT2D eigenvalue weighted by atomic mass is 9.74. The zero-order chi connectivity index (χ0) is 18.9. The Bertz CT molecular complexity index is 849. The molecule has 1 aromatic heterocycles. The minimum absolute atomic E-state index is 0.134. The van der Waals surface area contributed by atoms with E-state index in [1.165, 1.54) is 0 Å². The number of carbonyl (C=O) groups excluding carboxylic acids is 1. The first-order valence-corrected chi connectivity index (χ1v) is 9.41. The summed E-state index contributed by atoms with van der Waals surface area (Å²) in [5.41, 5.74) is 1.44. The maximum Gasteiger partial charge on any atom is 0.304 e. The predicted molar refractivity (Wildman–Crippen MR) is 101 cm³/mol. The third-order valence-electron chi connectivity index (χ3n) is 5.57. The molecule has 0 aliphatic carbocycles. The molecule has 4 rings (SSSR count). The van der Waals surface area contributed by atoms with Gasteiger partial charge in [-0.05, 0) is 48.6 Å². The highest BCUT2D eigenvalue weighted by Crippen LogP contribution is 2.47. The van der Waals surface area contributed by atoms with E-state index < -0.39 is 11.4 Å². The van der Waals surface area contributed by atoms with E-state index in [1.54, 1.807) is 17.4 Å². The third-order valence-corrected chi connectivity index (χ3v) is 5.57. The second kappa shape index (κ2) is 7.12. The van der Waals surface area contributed by atoms with Crippen LogP contribution in [0.3, 0.4) is 0 Å². The zero-order valence-corrected chi connectivity index (χ0v) is 15.2. The number of piperidine rings is 1. The van der Waals surface area contributed by atoms with Crippen molar-refractivity contribution in [2.24, 2.45) is 0 Å². The van der Waals surface area contributed by atoms with Gasteiger partial charge < -0.3 is 5.11 Å². The number of aromatic nitrogens is 1. The average Bonchev–Trinajstić information content (AvgIpc) is 2.91. The van der Waals surface area contributed by atoms with E-state index in [-0.39, 0.29) is 12.3 Å². The lowest BCUT2D eigenvalue weighted by molar-refractivity contribution is -0.142. The molecule has 2 aliphatic rings. The maximum atomic E-state index is 13.7. The number of rotatable bonds is 5. The Morgan fingerprint density at radius 2 is 1.78 bits per heavy atom. The number of nitrogens with zero attached hydrogens (tertiary/aromatic N) is 3. The monoisotopic (exact) mass is 365 g/mol. The number of hydrazine groups is 1. The first kappa shape index (κ1) is 17.7. The largest absolute Gasteiger partial charge is 0.481 e. The highest BCUT2D eigenvalue weighted by molar-refractivity contribution is 6.09. The van der Waals surface area contributed by atoms with Crippen LogP contribution in [0, 0.1) is 0 Å². The summed E-state index contributed by atoms with van der Waals surface area (Å²) in [4.78, 5) is 29.6. The number of pyridine rings is 1. The van der Waals surface area contributed by atoms with Crippen molar-refractivity contribution < 1.29 is 14.7 Å². The van der Waals surface area contributed by atoms with Crippen molar-refractivity contribution in [3.8, 4) is 0 Å². The number of para-hydroxylation sites is 1. The van der Waals surface area contributed by atoms with Crippen LogP contribution in [0.15, 0.2) is 48.8 Å². The molecular formula is C21H23N3O3. The van der Waals surface area contributed by atoms with Crippen LogP contribution in [0.2, 0.25) is 0 Å².